The third-order valence-corrected chi connectivity index (χ3v) is 3.42. The lowest BCUT2D eigenvalue weighted by Gasteiger charge is -2.19. The molecule has 0 bridgehead atoms. The summed E-state index contributed by atoms with van der Waals surface area (Å²) in [6.45, 7) is 1.45. The number of hydrogen-bond acceptors (Lipinski definition) is 3. The molecule has 1 rings (SSSR count). The van der Waals surface area contributed by atoms with Gasteiger partial charge >= 0.3 is 0 Å². The Morgan fingerprint density at radius 2 is 2.06 bits per heavy atom. The maximum atomic E-state index is 11.9. The quantitative estimate of drug-likeness (QED) is 0.690. The van der Waals surface area contributed by atoms with Crippen molar-refractivity contribution in [3.63, 3.8) is 0 Å². The second kappa shape index (κ2) is 7.29. The van der Waals surface area contributed by atoms with Gasteiger partial charge in [0.05, 0.1) is 6.07 Å². The van der Waals surface area contributed by atoms with Crippen LogP contribution in [0.2, 0.25) is 0 Å². The molecule has 0 aliphatic heterocycles. The zero-order chi connectivity index (χ0) is 12.6. The summed E-state index contributed by atoms with van der Waals surface area (Å²) < 4.78 is 4.95. The molecule has 1 aliphatic carbocycles. The summed E-state index contributed by atoms with van der Waals surface area (Å²) in [4.78, 5) is 11.9. The third-order valence-electron chi connectivity index (χ3n) is 3.42. The minimum atomic E-state index is -0.730. The fourth-order valence-electron chi connectivity index (χ4n) is 2.29. The minimum Gasteiger partial charge on any atom is -0.385 e. The Bertz CT molecular complexity index is 278. The van der Waals surface area contributed by atoms with Crippen LogP contribution < -0.4 is 5.32 Å². The SMILES string of the molecule is COCCCCCNC(=O)C1(C#N)CCCC1. The van der Waals surface area contributed by atoms with Crippen LogP contribution in [0, 0.1) is 16.7 Å². The largest absolute Gasteiger partial charge is 0.385 e. The van der Waals surface area contributed by atoms with E-state index in [1.165, 1.54) is 0 Å². The van der Waals surface area contributed by atoms with Gasteiger partial charge in [-0.1, -0.05) is 12.8 Å². The van der Waals surface area contributed by atoms with E-state index in [4.69, 9.17) is 10.00 Å². The zero-order valence-electron chi connectivity index (χ0n) is 10.6. The van der Waals surface area contributed by atoms with E-state index in [-0.39, 0.29) is 5.91 Å². The molecule has 0 spiro atoms. The van der Waals surface area contributed by atoms with Gasteiger partial charge in [0.15, 0.2) is 0 Å². The number of ether oxygens (including phenoxy) is 1. The third kappa shape index (κ3) is 4.01. The van der Waals surface area contributed by atoms with E-state index in [1.807, 2.05) is 0 Å². The van der Waals surface area contributed by atoms with E-state index in [2.05, 4.69) is 11.4 Å². The molecule has 0 heterocycles. The van der Waals surface area contributed by atoms with Crippen LogP contribution in [0.4, 0.5) is 0 Å². The van der Waals surface area contributed by atoms with Gasteiger partial charge in [-0.05, 0) is 32.1 Å². The maximum Gasteiger partial charge on any atom is 0.240 e. The lowest BCUT2D eigenvalue weighted by molar-refractivity contribution is -0.127. The summed E-state index contributed by atoms with van der Waals surface area (Å²) in [5, 5.41) is 12.0. The molecule has 17 heavy (non-hydrogen) atoms. The van der Waals surface area contributed by atoms with Gasteiger partial charge in [0.2, 0.25) is 5.91 Å². The smallest absolute Gasteiger partial charge is 0.240 e. The van der Waals surface area contributed by atoms with Crippen molar-refractivity contribution in [1.29, 1.82) is 5.26 Å². The average Bonchev–Trinajstić information content (AvgIpc) is 2.83. The van der Waals surface area contributed by atoms with Crippen LogP contribution in [0.15, 0.2) is 0 Å². The first-order valence-corrected chi connectivity index (χ1v) is 6.44. The summed E-state index contributed by atoms with van der Waals surface area (Å²) in [5.74, 6) is -0.0655. The normalized spacial score (nSPS) is 17.6. The van der Waals surface area contributed by atoms with Crippen molar-refractivity contribution >= 4 is 5.91 Å². The molecule has 4 nitrogen and oxygen atoms in total. The number of nitriles is 1. The highest BCUT2D eigenvalue weighted by atomic mass is 16.5. The molecule has 1 saturated carbocycles. The monoisotopic (exact) mass is 238 g/mol. The summed E-state index contributed by atoms with van der Waals surface area (Å²) in [6, 6.07) is 2.21. The standard InChI is InChI=1S/C13H22N2O2/c1-17-10-6-2-5-9-15-12(16)13(11-14)7-3-4-8-13/h2-10H2,1H3,(H,15,16). The molecule has 1 fully saturated rings. The molecule has 0 unspecified atom stereocenters. The molecule has 0 aromatic heterocycles. The van der Waals surface area contributed by atoms with Crippen LogP contribution >= 0.6 is 0 Å². The van der Waals surface area contributed by atoms with Gasteiger partial charge in [0, 0.05) is 20.3 Å². The highest BCUT2D eigenvalue weighted by Gasteiger charge is 2.41. The molecule has 0 aromatic rings. The molecule has 4 heteroatoms. The topological polar surface area (TPSA) is 62.1 Å². The Kier molecular flexibility index (Phi) is 5.99. The lowest BCUT2D eigenvalue weighted by Crippen LogP contribution is -2.38. The van der Waals surface area contributed by atoms with Gasteiger partial charge in [-0.25, -0.2) is 0 Å². The van der Waals surface area contributed by atoms with Crippen LogP contribution in [-0.2, 0) is 9.53 Å². The number of unbranched alkanes of at least 4 members (excludes halogenated alkanes) is 2. The zero-order valence-corrected chi connectivity index (χ0v) is 10.6. The average molecular weight is 238 g/mol. The maximum absolute atomic E-state index is 11.9. The molecule has 0 aromatic carbocycles. The fourth-order valence-corrected chi connectivity index (χ4v) is 2.29. The second-order valence-electron chi connectivity index (χ2n) is 4.71. The van der Waals surface area contributed by atoms with Crippen molar-refractivity contribution in [2.24, 2.45) is 5.41 Å². The van der Waals surface area contributed by atoms with E-state index in [1.54, 1.807) is 7.11 Å². The van der Waals surface area contributed by atoms with E-state index in [0.29, 0.717) is 6.54 Å². The number of carbonyl (C=O) groups excluding carboxylic acids is 1. The van der Waals surface area contributed by atoms with Crippen LogP contribution in [0.25, 0.3) is 0 Å². The lowest BCUT2D eigenvalue weighted by atomic mass is 9.87. The van der Waals surface area contributed by atoms with Gasteiger partial charge < -0.3 is 10.1 Å². The molecular weight excluding hydrogens is 216 g/mol. The first kappa shape index (κ1) is 14.0. The molecule has 1 N–H and O–H groups in total. The molecule has 0 saturated heterocycles. The summed E-state index contributed by atoms with van der Waals surface area (Å²) in [6.07, 6.45) is 6.46. The first-order valence-electron chi connectivity index (χ1n) is 6.44. The van der Waals surface area contributed by atoms with E-state index < -0.39 is 5.41 Å². The number of amides is 1. The predicted molar refractivity (Wildman–Crippen MR) is 65.3 cm³/mol. The van der Waals surface area contributed by atoms with Crippen molar-refractivity contribution in [3.05, 3.63) is 0 Å². The highest BCUT2D eigenvalue weighted by molar-refractivity contribution is 5.85. The Balaban J connectivity index is 2.18. The predicted octanol–water partition coefficient (Wildman–Crippen LogP) is 2.00. The van der Waals surface area contributed by atoms with Crippen LogP contribution in [0.3, 0.4) is 0 Å². The van der Waals surface area contributed by atoms with Gasteiger partial charge in [0.25, 0.3) is 0 Å². The number of carbonyl (C=O) groups is 1. The summed E-state index contributed by atoms with van der Waals surface area (Å²) >= 11 is 0. The Morgan fingerprint density at radius 1 is 1.35 bits per heavy atom. The van der Waals surface area contributed by atoms with Gasteiger partial charge in [-0.3, -0.25) is 4.79 Å². The van der Waals surface area contributed by atoms with Crippen molar-refractivity contribution in [3.8, 4) is 6.07 Å². The number of rotatable bonds is 7. The van der Waals surface area contributed by atoms with E-state index in [0.717, 1.165) is 51.6 Å². The molecule has 0 atom stereocenters. The molecular formula is C13H22N2O2. The van der Waals surface area contributed by atoms with Crippen LogP contribution in [0.5, 0.6) is 0 Å². The van der Waals surface area contributed by atoms with Gasteiger partial charge in [0.1, 0.15) is 5.41 Å². The van der Waals surface area contributed by atoms with Crippen molar-refractivity contribution < 1.29 is 9.53 Å². The molecule has 0 radical (unpaired) electrons. The van der Waals surface area contributed by atoms with Gasteiger partial charge in [-0.15, -0.1) is 0 Å². The Morgan fingerprint density at radius 3 is 2.65 bits per heavy atom. The Hall–Kier alpha value is -1.08. The van der Waals surface area contributed by atoms with Crippen molar-refractivity contribution in [2.75, 3.05) is 20.3 Å². The van der Waals surface area contributed by atoms with E-state index in [9.17, 15) is 4.79 Å². The van der Waals surface area contributed by atoms with Crippen molar-refractivity contribution in [1.82, 2.24) is 5.32 Å². The summed E-state index contributed by atoms with van der Waals surface area (Å²) in [5.41, 5.74) is -0.730. The Labute approximate surface area is 103 Å². The van der Waals surface area contributed by atoms with Crippen molar-refractivity contribution in [2.45, 2.75) is 44.9 Å². The summed E-state index contributed by atoms with van der Waals surface area (Å²) in [7, 11) is 1.69. The number of nitrogens with one attached hydrogen (secondary N) is 1. The minimum absolute atomic E-state index is 0.0655. The fraction of sp³-hybridized carbons (Fsp3) is 0.846. The van der Waals surface area contributed by atoms with Gasteiger partial charge in [-0.2, -0.15) is 5.26 Å². The van der Waals surface area contributed by atoms with E-state index >= 15 is 0 Å². The molecule has 1 amide bonds. The number of hydrogen-bond donors (Lipinski definition) is 1. The van der Waals surface area contributed by atoms with Crippen LogP contribution in [0.1, 0.15) is 44.9 Å². The molecule has 96 valence electrons. The molecule has 1 aliphatic rings. The highest BCUT2D eigenvalue weighted by Crippen LogP contribution is 2.37. The first-order chi connectivity index (χ1) is 8.25. The number of methoxy groups -OCH3 is 1. The number of nitrogens with zero attached hydrogens (tertiary/aromatic N) is 1. The second-order valence-corrected chi connectivity index (χ2v) is 4.71. The van der Waals surface area contributed by atoms with Crippen LogP contribution in [-0.4, -0.2) is 26.2 Å².